The number of aliphatic hydroxyl groups is 1. The highest BCUT2D eigenvalue weighted by Crippen LogP contribution is 2.40. The van der Waals surface area contributed by atoms with Gasteiger partial charge in [-0.3, -0.25) is 0 Å². The fourth-order valence-electron chi connectivity index (χ4n) is 2.51. The number of benzene rings is 1. The minimum atomic E-state index is -0.555. The summed E-state index contributed by atoms with van der Waals surface area (Å²) in [5, 5.41) is 14.1. The average molecular weight is 270 g/mol. The lowest BCUT2D eigenvalue weighted by molar-refractivity contribution is 0.135. The zero-order valence-corrected chi connectivity index (χ0v) is 10.7. The SMILES string of the molecule is OC(c1cc(Cl)c2c(c1)OCCO2)C1CCCN1. The minimum Gasteiger partial charge on any atom is -0.486 e. The second kappa shape index (κ2) is 4.96. The molecular weight excluding hydrogens is 254 g/mol. The van der Waals surface area contributed by atoms with Crippen LogP contribution in [-0.2, 0) is 0 Å². The third-order valence-corrected chi connectivity index (χ3v) is 3.72. The maximum Gasteiger partial charge on any atom is 0.179 e. The summed E-state index contributed by atoms with van der Waals surface area (Å²) in [6.45, 7) is 1.99. The monoisotopic (exact) mass is 269 g/mol. The first-order valence-corrected chi connectivity index (χ1v) is 6.64. The van der Waals surface area contributed by atoms with Crippen LogP contribution in [0.1, 0.15) is 24.5 Å². The lowest BCUT2D eigenvalue weighted by atomic mass is 10.0. The predicted molar refractivity (Wildman–Crippen MR) is 68.4 cm³/mol. The van der Waals surface area contributed by atoms with Gasteiger partial charge in [0.1, 0.15) is 13.2 Å². The number of fused-ring (bicyclic) bond motifs is 1. The highest BCUT2D eigenvalue weighted by Gasteiger charge is 2.26. The highest BCUT2D eigenvalue weighted by molar-refractivity contribution is 6.32. The van der Waals surface area contributed by atoms with Gasteiger partial charge in [-0.1, -0.05) is 11.6 Å². The van der Waals surface area contributed by atoms with Crippen LogP contribution in [0.25, 0.3) is 0 Å². The van der Waals surface area contributed by atoms with Crippen molar-refractivity contribution in [2.24, 2.45) is 0 Å². The molecule has 0 radical (unpaired) electrons. The Kier molecular flexibility index (Phi) is 3.33. The van der Waals surface area contributed by atoms with E-state index in [9.17, 15) is 5.11 Å². The van der Waals surface area contributed by atoms with Gasteiger partial charge in [0.25, 0.3) is 0 Å². The number of halogens is 1. The van der Waals surface area contributed by atoms with E-state index in [1.54, 1.807) is 6.07 Å². The standard InChI is InChI=1S/C13H16ClNO3/c14-9-6-8(12(16)10-2-1-3-15-10)7-11-13(9)18-5-4-17-11/h6-7,10,12,15-16H,1-5H2. The highest BCUT2D eigenvalue weighted by atomic mass is 35.5. The van der Waals surface area contributed by atoms with E-state index in [1.165, 1.54) is 0 Å². The van der Waals surface area contributed by atoms with Crippen molar-refractivity contribution in [1.29, 1.82) is 0 Å². The van der Waals surface area contributed by atoms with Crippen LogP contribution in [0.3, 0.4) is 0 Å². The van der Waals surface area contributed by atoms with Crippen LogP contribution >= 0.6 is 11.6 Å². The van der Waals surface area contributed by atoms with Gasteiger partial charge in [0.15, 0.2) is 11.5 Å². The second-order valence-electron chi connectivity index (χ2n) is 4.67. The van der Waals surface area contributed by atoms with Gasteiger partial charge in [0, 0.05) is 6.04 Å². The molecular formula is C13H16ClNO3. The van der Waals surface area contributed by atoms with Crippen LogP contribution < -0.4 is 14.8 Å². The van der Waals surface area contributed by atoms with Crippen LogP contribution in [0.5, 0.6) is 11.5 Å². The summed E-state index contributed by atoms with van der Waals surface area (Å²) >= 11 is 6.16. The van der Waals surface area contributed by atoms with E-state index in [0.29, 0.717) is 29.7 Å². The zero-order valence-electron chi connectivity index (χ0n) is 9.99. The van der Waals surface area contributed by atoms with Crippen molar-refractivity contribution in [2.45, 2.75) is 25.0 Å². The van der Waals surface area contributed by atoms with Crippen LogP contribution in [0.15, 0.2) is 12.1 Å². The minimum absolute atomic E-state index is 0.101. The van der Waals surface area contributed by atoms with Crippen molar-refractivity contribution in [3.05, 3.63) is 22.7 Å². The normalized spacial score (nSPS) is 24.0. The summed E-state index contributed by atoms with van der Waals surface area (Å²) in [6.07, 6.45) is 1.52. The first-order valence-electron chi connectivity index (χ1n) is 6.26. The van der Waals surface area contributed by atoms with Crippen molar-refractivity contribution in [1.82, 2.24) is 5.32 Å². The Morgan fingerprint density at radius 3 is 2.94 bits per heavy atom. The molecule has 0 aliphatic carbocycles. The fraction of sp³-hybridized carbons (Fsp3) is 0.538. The van der Waals surface area contributed by atoms with Crippen molar-refractivity contribution in [3.63, 3.8) is 0 Å². The second-order valence-corrected chi connectivity index (χ2v) is 5.08. The van der Waals surface area contributed by atoms with E-state index in [2.05, 4.69) is 5.32 Å². The molecule has 3 rings (SSSR count). The van der Waals surface area contributed by atoms with E-state index >= 15 is 0 Å². The number of rotatable bonds is 2. The molecule has 18 heavy (non-hydrogen) atoms. The van der Waals surface area contributed by atoms with Gasteiger partial charge >= 0.3 is 0 Å². The summed E-state index contributed by atoms with van der Waals surface area (Å²) in [5.74, 6) is 1.21. The van der Waals surface area contributed by atoms with Gasteiger partial charge in [-0.2, -0.15) is 0 Å². The largest absolute Gasteiger partial charge is 0.486 e. The molecule has 2 aliphatic rings. The zero-order chi connectivity index (χ0) is 12.5. The summed E-state index contributed by atoms with van der Waals surface area (Å²) in [7, 11) is 0. The van der Waals surface area contributed by atoms with E-state index in [4.69, 9.17) is 21.1 Å². The molecule has 2 atom stereocenters. The molecule has 1 saturated heterocycles. The number of hydrogen-bond donors (Lipinski definition) is 2. The molecule has 0 aromatic heterocycles. The van der Waals surface area contributed by atoms with E-state index < -0.39 is 6.10 Å². The van der Waals surface area contributed by atoms with Gasteiger partial charge in [0.05, 0.1) is 11.1 Å². The van der Waals surface area contributed by atoms with Crippen molar-refractivity contribution in [3.8, 4) is 11.5 Å². The smallest absolute Gasteiger partial charge is 0.179 e. The molecule has 2 unspecified atom stereocenters. The van der Waals surface area contributed by atoms with Crippen LogP contribution in [0.2, 0.25) is 5.02 Å². The molecule has 5 heteroatoms. The van der Waals surface area contributed by atoms with Crippen molar-refractivity contribution >= 4 is 11.6 Å². The van der Waals surface area contributed by atoms with Gasteiger partial charge in [-0.05, 0) is 37.1 Å². The Hall–Kier alpha value is -0.970. The van der Waals surface area contributed by atoms with Gasteiger partial charge in [0.2, 0.25) is 0 Å². The summed E-state index contributed by atoms with van der Waals surface area (Å²) in [6, 6.07) is 3.69. The molecule has 2 N–H and O–H groups in total. The van der Waals surface area contributed by atoms with Crippen molar-refractivity contribution in [2.75, 3.05) is 19.8 Å². The first kappa shape index (κ1) is 12.1. The Balaban J connectivity index is 1.90. The molecule has 0 bridgehead atoms. The molecule has 2 aliphatic heterocycles. The summed E-state index contributed by atoms with van der Waals surface area (Å²) in [4.78, 5) is 0. The maximum absolute atomic E-state index is 10.3. The van der Waals surface area contributed by atoms with E-state index in [0.717, 1.165) is 24.9 Å². The Morgan fingerprint density at radius 2 is 2.17 bits per heavy atom. The third kappa shape index (κ3) is 2.16. The quantitative estimate of drug-likeness (QED) is 0.861. The van der Waals surface area contributed by atoms with Crippen LogP contribution in [0, 0.1) is 0 Å². The lowest BCUT2D eigenvalue weighted by Crippen LogP contribution is -2.28. The first-order chi connectivity index (χ1) is 8.75. The topological polar surface area (TPSA) is 50.7 Å². The Morgan fingerprint density at radius 1 is 1.33 bits per heavy atom. The summed E-state index contributed by atoms with van der Waals surface area (Å²) in [5.41, 5.74) is 0.781. The molecule has 1 aromatic carbocycles. The molecule has 1 fully saturated rings. The molecule has 0 saturated carbocycles. The predicted octanol–water partition coefficient (Wildman–Crippen LogP) is 1.90. The maximum atomic E-state index is 10.3. The number of hydrogen-bond acceptors (Lipinski definition) is 4. The lowest BCUT2D eigenvalue weighted by Gasteiger charge is -2.23. The van der Waals surface area contributed by atoms with Crippen LogP contribution in [0.4, 0.5) is 0 Å². The summed E-state index contributed by atoms with van der Waals surface area (Å²) < 4.78 is 11.0. The number of aliphatic hydroxyl groups excluding tert-OH is 1. The number of ether oxygens (including phenoxy) is 2. The fourth-order valence-corrected chi connectivity index (χ4v) is 2.79. The van der Waals surface area contributed by atoms with Crippen molar-refractivity contribution < 1.29 is 14.6 Å². The van der Waals surface area contributed by atoms with E-state index in [1.807, 2.05) is 6.07 Å². The molecule has 0 amide bonds. The van der Waals surface area contributed by atoms with Crippen LogP contribution in [-0.4, -0.2) is 30.9 Å². The van der Waals surface area contributed by atoms with Gasteiger partial charge in [-0.15, -0.1) is 0 Å². The molecule has 98 valence electrons. The molecule has 2 heterocycles. The molecule has 0 spiro atoms. The molecule has 4 nitrogen and oxygen atoms in total. The van der Waals surface area contributed by atoms with Gasteiger partial charge in [-0.25, -0.2) is 0 Å². The van der Waals surface area contributed by atoms with E-state index in [-0.39, 0.29) is 6.04 Å². The third-order valence-electron chi connectivity index (χ3n) is 3.44. The van der Waals surface area contributed by atoms with Gasteiger partial charge < -0.3 is 19.9 Å². The molecule has 1 aromatic rings. The Labute approximate surface area is 111 Å². The number of nitrogens with one attached hydrogen (secondary N) is 1. The average Bonchev–Trinajstić information content (AvgIpc) is 2.91. The Bertz CT molecular complexity index is 446.